The van der Waals surface area contributed by atoms with Crippen LogP contribution in [0.1, 0.15) is 5.56 Å². The molecule has 23 heavy (non-hydrogen) atoms. The molecule has 1 aliphatic rings. The molecule has 8 heteroatoms. The van der Waals surface area contributed by atoms with Crippen LogP contribution in [0.15, 0.2) is 40.1 Å². The number of hydrogen-bond acceptors (Lipinski definition) is 6. The Morgan fingerprint density at radius 2 is 2.04 bits per heavy atom. The van der Waals surface area contributed by atoms with Crippen molar-refractivity contribution in [2.75, 3.05) is 51.3 Å². The minimum Gasteiger partial charge on any atom is -0.318 e. The molecule has 1 aliphatic heterocycles. The van der Waals surface area contributed by atoms with Crippen molar-refractivity contribution in [2.24, 2.45) is 10.2 Å². The van der Waals surface area contributed by atoms with Gasteiger partial charge in [0.25, 0.3) is 0 Å². The van der Waals surface area contributed by atoms with Gasteiger partial charge in [-0.1, -0.05) is 18.2 Å². The van der Waals surface area contributed by atoms with E-state index in [4.69, 9.17) is 0 Å². The summed E-state index contributed by atoms with van der Waals surface area (Å²) in [6, 6.07) is 7.26. The quantitative estimate of drug-likeness (QED) is 0.750. The highest BCUT2D eigenvalue weighted by Crippen LogP contribution is 2.31. The number of para-hydroxylation sites is 1. The van der Waals surface area contributed by atoms with Crippen LogP contribution in [0.25, 0.3) is 5.70 Å². The summed E-state index contributed by atoms with van der Waals surface area (Å²) >= 11 is 0. The molecule has 1 aromatic carbocycles. The normalized spacial score (nSPS) is 14.8. The second-order valence-corrected chi connectivity index (χ2v) is 7.36. The van der Waals surface area contributed by atoms with Crippen molar-refractivity contribution in [1.82, 2.24) is 10.2 Å². The van der Waals surface area contributed by atoms with E-state index in [9.17, 15) is 8.42 Å². The number of nitrogens with zero attached hydrogens (tertiary/aromatic N) is 3. The molecule has 0 aromatic heterocycles. The van der Waals surface area contributed by atoms with Crippen LogP contribution >= 0.6 is 0 Å². The first-order valence-electron chi connectivity index (χ1n) is 7.40. The fraction of sp³-hybridized carbons (Fsp3) is 0.467. The molecule has 0 radical (unpaired) electrons. The monoisotopic (exact) mass is 337 g/mol. The van der Waals surface area contributed by atoms with E-state index in [0.29, 0.717) is 12.2 Å². The van der Waals surface area contributed by atoms with Crippen LogP contribution in [0.5, 0.6) is 0 Å². The van der Waals surface area contributed by atoms with E-state index in [1.54, 1.807) is 12.1 Å². The van der Waals surface area contributed by atoms with E-state index in [-0.39, 0.29) is 0 Å². The molecule has 1 aromatic rings. The minimum absolute atomic E-state index is 0.529. The number of benzene rings is 1. The molecule has 0 spiro atoms. The first-order valence-corrected chi connectivity index (χ1v) is 9.29. The van der Waals surface area contributed by atoms with Gasteiger partial charge in [-0.15, -0.1) is 0 Å². The Bertz CT molecular complexity index is 712. The van der Waals surface area contributed by atoms with Crippen LogP contribution in [0.3, 0.4) is 0 Å². The highest BCUT2D eigenvalue weighted by atomic mass is 32.2. The molecule has 0 unspecified atom stereocenters. The van der Waals surface area contributed by atoms with Crippen LogP contribution in [-0.4, -0.2) is 59.8 Å². The highest BCUT2D eigenvalue weighted by molar-refractivity contribution is 7.92. The highest BCUT2D eigenvalue weighted by Gasteiger charge is 2.19. The molecular formula is C15H23N5O2S. The number of rotatable bonds is 8. The molecule has 0 saturated carbocycles. The van der Waals surface area contributed by atoms with Gasteiger partial charge in [-0.3, -0.25) is 4.72 Å². The van der Waals surface area contributed by atoms with Crippen molar-refractivity contribution in [3.8, 4) is 0 Å². The maximum absolute atomic E-state index is 11.5. The first-order chi connectivity index (χ1) is 10.9. The standard InChI is InChI=1S/C15H23N5O2S/c1-16-8-9-20(2)11-12-10-17-18-15(12)13-6-4-5-7-14(13)19-23(3,21)22/h4-7,16,19H,8-11H2,1-3H3. The molecule has 126 valence electrons. The molecule has 2 N–H and O–H groups in total. The fourth-order valence-corrected chi connectivity index (χ4v) is 2.97. The summed E-state index contributed by atoms with van der Waals surface area (Å²) in [5, 5.41) is 11.5. The summed E-state index contributed by atoms with van der Waals surface area (Å²) < 4.78 is 25.6. The van der Waals surface area contributed by atoms with Crippen LogP contribution in [0.4, 0.5) is 5.69 Å². The molecular weight excluding hydrogens is 314 g/mol. The Kier molecular flexibility index (Phi) is 5.86. The largest absolute Gasteiger partial charge is 0.318 e. The lowest BCUT2D eigenvalue weighted by Gasteiger charge is -2.18. The maximum atomic E-state index is 11.5. The number of azo groups is 1. The van der Waals surface area contributed by atoms with Gasteiger partial charge in [0.2, 0.25) is 10.0 Å². The van der Waals surface area contributed by atoms with Crippen molar-refractivity contribution in [3.05, 3.63) is 35.4 Å². The summed E-state index contributed by atoms with van der Waals surface area (Å²) in [6.45, 7) is 3.11. The third kappa shape index (κ3) is 5.12. The Balaban J connectivity index is 2.28. The second-order valence-electron chi connectivity index (χ2n) is 5.61. The number of nitrogens with one attached hydrogen (secondary N) is 2. The lowest BCUT2D eigenvalue weighted by atomic mass is 10.1. The van der Waals surface area contributed by atoms with Crippen molar-refractivity contribution < 1.29 is 8.42 Å². The van der Waals surface area contributed by atoms with Crippen molar-refractivity contribution in [3.63, 3.8) is 0 Å². The van der Waals surface area contributed by atoms with Crippen LogP contribution in [-0.2, 0) is 10.0 Å². The zero-order valence-corrected chi connectivity index (χ0v) is 14.5. The van der Waals surface area contributed by atoms with Gasteiger partial charge in [0.15, 0.2) is 0 Å². The number of likely N-dealkylation sites (N-methyl/N-ethyl adjacent to an activating group) is 2. The Labute approximate surface area is 137 Å². The summed E-state index contributed by atoms with van der Waals surface area (Å²) in [5.41, 5.74) is 3.14. The minimum atomic E-state index is -3.35. The zero-order chi connectivity index (χ0) is 16.9. The molecule has 0 bridgehead atoms. The summed E-state index contributed by atoms with van der Waals surface area (Å²) in [4.78, 5) is 2.19. The van der Waals surface area contributed by atoms with Crippen molar-refractivity contribution in [1.29, 1.82) is 0 Å². The van der Waals surface area contributed by atoms with Crippen LogP contribution in [0, 0.1) is 0 Å². The predicted octanol–water partition coefficient (Wildman–Crippen LogP) is 1.39. The van der Waals surface area contributed by atoms with E-state index < -0.39 is 10.0 Å². The molecule has 0 amide bonds. The van der Waals surface area contributed by atoms with E-state index in [1.807, 2.05) is 26.2 Å². The van der Waals surface area contributed by atoms with Gasteiger partial charge >= 0.3 is 0 Å². The third-order valence-corrected chi connectivity index (χ3v) is 4.04. The number of hydrogen-bond donors (Lipinski definition) is 2. The average Bonchev–Trinajstić information content (AvgIpc) is 2.92. The number of sulfonamides is 1. The fourth-order valence-electron chi connectivity index (χ4n) is 2.39. The zero-order valence-electron chi connectivity index (χ0n) is 13.7. The Morgan fingerprint density at radius 3 is 2.74 bits per heavy atom. The van der Waals surface area contributed by atoms with E-state index >= 15 is 0 Å². The van der Waals surface area contributed by atoms with Gasteiger partial charge < -0.3 is 10.2 Å². The van der Waals surface area contributed by atoms with Gasteiger partial charge in [-0.2, -0.15) is 10.2 Å². The topological polar surface area (TPSA) is 86.2 Å². The Morgan fingerprint density at radius 1 is 1.30 bits per heavy atom. The summed E-state index contributed by atoms with van der Waals surface area (Å²) in [6.07, 6.45) is 1.14. The molecule has 1 heterocycles. The Hall–Kier alpha value is -1.77. The lowest BCUT2D eigenvalue weighted by Crippen LogP contribution is -2.29. The van der Waals surface area contributed by atoms with E-state index in [0.717, 1.165) is 42.7 Å². The van der Waals surface area contributed by atoms with Crippen LogP contribution in [0.2, 0.25) is 0 Å². The molecule has 2 rings (SSSR count). The molecule has 0 saturated heterocycles. The van der Waals surface area contributed by atoms with E-state index in [2.05, 4.69) is 25.2 Å². The van der Waals surface area contributed by atoms with Crippen molar-refractivity contribution in [2.45, 2.75) is 0 Å². The van der Waals surface area contributed by atoms with Gasteiger partial charge in [-0.25, -0.2) is 8.42 Å². The second kappa shape index (κ2) is 7.67. The molecule has 0 fully saturated rings. The molecule has 0 aliphatic carbocycles. The van der Waals surface area contributed by atoms with Gasteiger partial charge in [0.05, 0.1) is 24.2 Å². The maximum Gasteiger partial charge on any atom is 0.229 e. The van der Waals surface area contributed by atoms with Gasteiger partial charge in [0, 0.05) is 25.2 Å². The molecule has 0 atom stereocenters. The summed E-state index contributed by atoms with van der Waals surface area (Å²) in [7, 11) is 0.620. The van der Waals surface area contributed by atoms with E-state index in [1.165, 1.54) is 0 Å². The smallest absolute Gasteiger partial charge is 0.229 e. The van der Waals surface area contributed by atoms with Gasteiger partial charge in [-0.05, 0) is 25.7 Å². The summed E-state index contributed by atoms with van der Waals surface area (Å²) in [5.74, 6) is 0. The van der Waals surface area contributed by atoms with Crippen LogP contribution < -0.4 is 10.0 Å². The average molecular weight is 337 g/mol. The predicted molar refractivity (Wildman–Crippen MR) is 93.0 cm³/mol. The van der Waals surface area contributed by atoms with Crippen molar-refractivity contribution >= 4 is 21.4 Å². The van der Waals surface area contributed by atoms with Gasteiger partial charge in [0.1, 0.15) is 0 Å². The first kappa shape index (κ1) is 17.6. The molecule has 7 nitrogen and oxygen atoms in total. The SMILES string of the molecule is CNCCN(C)CC1=C(c2ccccc2NS(C)(=O)=O)N=NC1. The lowest BCUT2D eigenvalue weighted by molar-refractivity contribution is 0.362. The third-order valence-electron chi connectivity index (χ3n) is 3.45. The number of anilines is 1.